The summed E-state index contributed by atoms with van der Waals surface area (Å²) in [5, 5.41) is 1.29. The van der Waals surface area contributed by atoms with Crippen molar-refractivity contribution in [1.29, 1.82) is 0 Å². The van der Waals surface area contributed by atoms with E-state index in [9.17, 15) is 4.79 Å². The summed E-state index contributed by atoms with van der Waals surface area (Å²) in [7, 11) is 2.04. The fourth-order valence-electron chi connectivity index (χ4n) is 3.26. The van der Waals surface area contributed by atoms with Crippen LogP contribution in [0, 0.1) is 6.92 Å². The predicted molar refractivity (Wildman–Crippen MR) is 72.5 cm³/mol. The normalized spacial score (nSPS) is 18.9. The van der Waals surface area contributed by atoms with Crippen LogP contribution >= 0.6 is 0 Å². The first-order valence-electron chi connectivity index (χ1n) is 6.46. The molecule has 0 spiro atoms. The lowest BCUT2D eigenvalue weighted by Crippen LogP contribution is -2.26. The molecule has 2 aromatic rings. The molecule has 3 nitrogen and oxygen atoms in total. The maximum atomic E-state index is 11.6. The first-order valence-corrected chi connectivity index (χ1v) is 6.46. The van der Waals surface area contributed by atoms with Crippen LogP contribution in [0.4, 0.5) is 0 Å². The summed E-state index contributed by atoms with van der Waals surface area (Å²) in [6, 6.07) is 6.48. The van der Waals surface area contributed by atoms with Crippen molar-refractivity contribution >= 4 is 16.8 Å². The fraction of sp³-hybridized carbons (Fsp3) is 0.400. The minimum absolute atomic E-state index is 0.119. The Morgan fingerprint density at radius 3 is 2.94 bits per heavy atom. The Balaban J connectivity index is 2.34. The highest BCUT2D eigenvalue weighted by Crippen LogP contribution is 2.38. The van der Waals surface area contributed by atoms with Gasteiger partial charge < -0.3 is 10.3 Å². The van der Waals surface area contributed by atoms with Crippen molar-refractivity contribution in [3.05, 3.63) is 35.0 Å². The molecule has 1 heterocycles. The minimum atomic E-state index is -0.196. The fourth-order valence-corrected chi connectivity index (χ4v) is 3.26. The molecule has 2 N–H and O–H groups in total. The van der Waals surface area contributed by atoms with Crippen molar-refractivity contribution in [3.63, 3.8) is 0 Å². The molecule has 1 aromatic heterocycles. The summed E-state index contributed by atoms with van der Waals surface area (Å²) in [5.74, 6) is -0.315. The van der Waals surface area contributed by atoms with E-state index < -0.39 is 0 Å². The number of hydrogen-bond donors (Lipinski definition) is 1. The number of benzene rings is 1. The largest absolute Gasteiger partial charge is 0.369 e. The number of fused-ring (bicyclic) bond motifs is 3. The smallest absolute Gasteiger partial charge is 0.226 e. The van der Waals surface area contributed by atoms with E-state index in [1.54, 1.807) is 0 Å². The Labute approximate surface area is 107 Å². The molecular weight excluding hydrogens is 224 g/mol. The molecular formula is C15H18N2O. The van der Waals surface area contributed by atoms with Gasteiger partial charge in [0.15, 0.2) is 0 Å². The second-order valence-corrected chi connectivity index (χ2v) is 5.29. The lowest BCUT2D eigenvalue weighted by Gasteiger charge is -2.21. The van der Waals surface area contributed by atoms with Crippen LogP contribution in [0.25, 0.3) is 10.9 Å². The van der Waals surface area contributed by atoms with E-state index in [2.05, 4.69) is 29.7 Å². The molecule has 0 saturated heterocycles. The summed E-state index contributed by atoms with van der Waals surface area (Å²) < 4.78 is 2.15. The summed E-state index contributed by atoms with van der Waals surface area (Å²) in [6.45, 7) is 2.10. The summed E-state index contributed by atoms with van der Waals surface area (Å²) in [5.41, 5.74) is 10.5. The minimum Gasteiger partial charge on any atom is -0.369 e. The maximum Gasteiger partial charge on any atom is 0.226 e. The first kappa shape index (κ1) is 11.3. The number of nitrogens with two attached hydrogens (primary N) is 1. The molecule has 3 rings (SSSR count). The van der Waals surface area contributed by atoms with Crippen molar-refractivity contribution in [2.24, 2.45) is 12.8 Å². The number of aryl methyl sites for hydroxylation is 3. The van der Waals surface area contributed by atoms with Crippen LogP contribution in [0.3, 0.4) is 0 Å². The van der Waals surface area contributed by atoms with Crippen molar-refractivity contribution in [2.45, 2.75) is 32.1 Å². The van der Waals surface area contributed by atoms with Crippen molar-refractivity contribution in [1.82, 2.24) is 4.57 Å². The quantitative estimate of drug-likeness (QED) is 0.820. The molecule has 0 bridgehead atoms. The molecule has 0 radical (unpaired) electrons. The summed E-state index contributed by atoms with van der Waals surface area (Å²) in [6.07, 6.45) is 2.99. The second-order valence-electron chi connectivity index (χ2n) is 5.29. The van der Waals surface area contributed by atoms with Crippen LogP contribution in [0.2, 0.25) is 0 Å². The van der Waals surface area contributed by atoms with Crippen molar-refractivity contribution in [3.8, 4) is 0 Å². The molecule has 0 saturated carbocycles. The third-order valence-corrected chi connectivity index (χ3v) is 4.10. The van der Waals surface area contributed by atoms with E-state index in [0.717, 1.165) is 25.0 Å². The van der Waals surface area contributed by atoms with Gasteiger partial charge >= 0.3 is 0 Å². The number of hydrogen-bond acceptors (Lipinski definition) is 1. The lowest BCUT2D eigenvalue weighted by molar-refractivity contribution is -0.119. The van der Waals surface area contributed by atoms with Crippen LogP contribution in [0.15, 0.2) is 18.2 Å². The van der Waals surface area contributed by atoms with Crippen molar-refractivity contribution < 1.29 is 4.79 Å². The van der Waals surface area contributed by atoms with Crippen LogP contribution in [0.1, 0.15) is 35.6 Å². The Bertz CT molecular complexity index is 639. The molecule has 94 valence electrons. The highest BCUT2D eigenvalue weighted by atomic mass is 16.1. The highest BCUT2D eigenvalue weighted by molar-refractivity contribution is 5.90. The molecule has 1 unspecified atom stereocenters. The zero-order valence-electron chi connectivity index (χ0n) is 10.9. The van der Waals surface area contributed by atoms with E-state index in [1.165, 1.54) is 22.0 Å². The van der Waals surface area contributed by atoms with Gasteiger partial charge in [-0.3, -0.25) is 4.79 Å². The van der Waals surface area contributed by atoms with Gasteiger partial charge in [0.05, 0.1) is 5.92 Å². The predicted octanol–water partition coefficient (Wildman–Crippen LogP) is 2.39. The monoisotopic (exact) mass is 242 g/mol. The van der Waals surface area contributed by atoms with Gasteiger partial charge in [0.2, 0.25) is 5.91 Å². The van der Waals surface area contributed by atoms with Gasteiger partial charge in [-0.25, -0.2) is 0 Å². The van der Waals surface area contributed by atoms with Crippen LogP contribution in [0.5, 0.6) is 0 Å². The number of carbonyl (C=O) groups is 1. The van der Waals surface area contributed by atoms with Crippen LogP contribution in [-0.2, 0) is 18.3 Å². The second kappa shape index (κ2) is 3.87. The van der Waals surface area contributed by atoms with Gasteiger partial charge in [-0.05, 0) is 43.9 Å². The van der Waals surface area contributed by atoms with E-state index in [-0.39, 0.29) is 11.8 Å². The topological polar surface area (TPSA) is 48.0 Å². The van der Waals surface area contributed by atoms with Gasteiger partial charge in [0, 0.05) is 23.6 Å². The number of carbonyl (C=O) groups excluding carboxylic acids is 1. The van der Waals surface area contributed by atoms with E-state index in [0.29, 0.717) is 0 Å². The number of aromatic nitrogens is 1. The molecule has 1 atom stereocenters. The van der Waals surface area contributed by atoms with Crippen LogP contribution < -0.4 is 5.73 Å². The summed E-state index contributed by atoms with van der Waals surface area (Å²) >= 11 is 0. The van der Waals surface area contributed by atoms with Gasteiger partial charge in [-0.1, -0.05) is 11.6 Å². The molecule has 18 heavy (non-hydrogen) atoms. The van der Waals surface area contributed by atoms with E-state index in [4.69, 9.17) is 5.73 Å². The van der Waals surface area contributed by atoms with Gasteiger partial charge in [0.1, 0.15) is 0 Å². The Hall–Kier alpha value is -1.77. The SMILES string of the molecule is Cc1ccc2c(c1)c1c(n2C)C(C(N)=O)CCC1. The molecule has 1 aliphatic carbocycles. The third-order valence-electron chi connectivity index (χ3n) is 4.10. The average Bonchev–Trinajstić information content (AvgIpc) is 2.63. The molecule has 1 aliphatic rings. The number of nitrogens with zero attached hydrogens (tertiary/aromatic N) is 1. The zero-order chi connectivity index (χ0) is 12.9. The zero-order valence-corrected chi connectivity index (χ0v) is 10.9. The average molecular weight is 242 g/mol. The molecule has 3 heteroatoms. The van der Waals surface area contributed by atoms with Crippen molar-refractivity contribution in [2.75, 3.05) is 0 Å². The summed E-state index contributed by atoms with van der Waals surface area (Å²) in [4.78, 5) is 11.6. The molecule has 0 aliphatic heterocycles. The lowest BCUT2D eigenvalue weighted by atomic mass is 9.86. The molecule has 1 amide bonds. The van der Waals surface area contributed by atoms with Gasteiger partial charge in [-0.2, -0.15) is 0 Å². The first-order chi connectivity index (χ1) is 8.59. The standard InChI is InChI=1S/C15H18N2O/c1-9-6-7-13-12(8-9)10-4-3-5-11(15(16)18)14(10)17(13)2/h6-8,11H,3-5H2,1-2H3,(H2,16,18). The van der Waals surface area contributed by atoms with E-state index >= 15 is 0 Å². The highest BCUT2D eigenvalue weighted by Gasteiger charge is 2.29. The molecule has 1 aromatic carbocycles. The number of primary amides is 1. The molecule has 0 fully saturated rings. The van der Waals surface area contributed by atoms with Gasteiger partial charge in [0.25, 0.3) is 0 Å². The Morgan fingerprint density at radius 1 is 1.44 bits per heavy atom. The number of amides is 1. The Kier molecular flexibility index (Phi) is 2.44. The number of rotatable bonds is 1. The van der Waals surface area contributed by atoms with Crippen LogP contribution in [-0.4, -0.2) is 10.5 Å². The van der Waals surface area contributed by atoms with E-state index in [1.807, 2.05) is 7.05 Å². The van der Waals surface area contributed by atoms with Gasteiger partial charge in [-0.15, -0.1) is 0 Å². The third kappa shape index (κ3) is 1.47. The maximum absolute atomic E-state index is 11.6. The Morgan fingerprint density at radius 2 is 2.22 bits per heavy atom.